The number of ether oxygens (including phenoxy) is 6. The molecular weight excluding hydrogens is 452 g/mol. The molecule has 3 aromatic carbocycles. The van der Waals surface area contributed by atoms with E-state index >= 15 is 0 Å². The van der Waals surface area contributed by atoms with Crippen molar-refractivity contribution in [3.05, 3.63) is 77.0 Å². The summed E-state index contributed by atoms with van der Waals surface area (Å²) < 4.78 is 32.7. The Labute approximate surface area is 202 Å². The van der Waals surface area contributed by atoms with Crippen LogP contribution in [0.3, 0.4) is 0 Å². The summed E-state index contributed by atoms with van der Waals surface area (Å²) in [6.45, 7) is -0.162. The fraction of sp³-hybridized carbons (Fsp3) is 0.185. The summed E-state index contributed by atoms with van der Waals surface area (Å²) in [6.07, 6.45) is 1.58. The molecule has 0 spiro atoms. The first kappa shape index (κ1) is 23.7. The van der Waals surface area contributed by atoms with Gasteiger partial charge in [-0.1, -0.05) is 0 Å². The third kappa shape index (κ3) is 4.77. The van der Waals surface area contributed by atoms with Crippen LogP contribution >= 0.6 is 0 Å². The van der Waals surface area contributed by atoms with Crippen molar-refractivity contribution in [2.45, 2.75) is 0 Å². The second-order valence-electron chi connectivity index (χ2n) is 7.46. The van der Waals surface area contributed by atoms with Crippen molar-refractivity contribution in [3.8, 4) is 34.5 Å². The van der Waals surface area contributed by atoms with E-state index in [9.17, 15) is 9.59 Å². The Hall–Kier alpha value is -4.46. The van der Waals surface area contributed by atoms with Crippen molar-refractivity contribution in [2.75, 3.05) is 35.0 Å². The van der Waals surface area contributed by atoms with Gasteiger partial charge in [-0.2, -0.15) is 0 Å². The van der Waals surface area contributed by atoms with Crippen molar-refractivity contribution >= 4 is 17.6 Å². The van der Waals surface area contributed by atoms with Crippen LogP contribution in [0.25, 0.3) is 6.08 Å². The average molecular weight is 476 g/mol. The molecule has 0 radical (unpaired) electrons. The number of allylic oxidation sites excluding steroid dienone is 1. The Morgan fingerprint density at radius 2 is 1.54 bits per heavy atom. The normalized spacial score (nSPS) is 13.1. The third-order valence-corrected chi connectivity index (χ3v) is 5.44. The van der Waals surface area contributed by atoms with Crippen molar-refractivity contribution in [3.63, 3.8) is 0 Å². The Kier molecular flexibility index (Phi) is 6.91. The minimum absolute atomic E-state index is 0.122. The molecule has 4 rings (SSSR count). The monoisotopic (exact) mass is 476 g/mol. The van der Waals surface area contributed by atoms with Crippen LogP contribution in [0.4, 0.5) is 0 Å². The average Bonchev–Trinajstić information content (AvgIpc) is 3.20. The van der Waals surface area contributed by atoms with E-state index in [1.54, 1.807) is 67.8 Å². The topological polar surface area (TPSA) is 89.5 Å². The Morgan fingerprint density at radius 1 is 0.829 bits per heavy atom. The lowest BCUT2D eigenvalue weighted by molar-refractivity contribution is 0.0920. The maximum absolute atomic E-state index is 12.9. The molecule has 35 heavy (non-hydrogen) atoms. The zero-order chi connectivity index (χ0) is 24.9. The lowest BCUT2D eigenvalue weighted by Crippen LogP contribution is -2.11. The van der Waals surface area contributed by atoms with Crippen LogP contribution in [0, 0.1) is 0 Å². The van der Waals surface area contributed by atoms with Gasteiger partial charge in [0.25, 0.3) is 0 Å². The molecule has 0 saturated heterocycles. The summed E-state index contributed by atoms with van der Waals surface area (Å²) in [7, 11) is 6.10. The number of benzene rings is 3. The van der Waals surface area contributed by atoms with Crippen LogP contribution < -0.4 is 28.4 Å². The van der Waals surface area contributed by atoms with Gasteiger partial charge in [-0.3, -0.25) is 9.59 Å². The lowest BCUT2D eigenvalue weighted by Gasteiger charge is -2.14. The largest absolute Gasteiger partial charge is 0.497 e. The molecule has 1 aliphatic rings. The van der Waals surface area contributed by atoms with E-state index in [1.165, 1.54) is 21.3 Å². The molecule has 0 fully saturated rings. The van der Waals surface area contributed by atoms with E-state index in [-0.39, 0.29) is 23.9 Å². The molecule has 0 bridgehead atoms. The van der Waals surface area contributed by atoms with Crippen LogP contribution in [0.2, 0.25) is 0 Å². The van der Waals surface area contributed by atoms with Gasteiger partial charge in [-0.15, -0.1) is 0 Å². The summed E-state index contributed by atoms with van der Waals surface area (Å²) in [5.74, 6) is 2.38. The maximum atomic E-state index is 12.9. The summed E-state index contributed by atoms with van der Waals surface area (Å²) in [5.41, 5.74) is 1.49. The molecule has 0 unspecified atom stereocenters. The second-order valence-corrected chi connectivity index (χ2v) is 7.46. The first-order valence-corrected chi connectivity index (χ1v) is 10.7. The van der Waals surface area contributed by atoms with E-state index in [0.29, 0.717) is 51.2 Å². The summed E-state index contributed by atoms with van der Waals surface area (Å²) in [4.78, 5) is 25.3. The van der Waals surface area contributed by atoms with E-state index < -0.39 is 0 Å². The molecule has 0 atom stereocenters. The highest BCUT2D eigenvalue weighted by atomic mass is 16.5. The van der Waals surface area contributed by atoms with Crippen LogP contribution in [0.1, 0.15) is 26.3 Å². The molecule has 0 aliphatic carbocycles. The molecule has 0 aromatic heterocycles. The highest BCUT2D eigenvalue weighted by Gasteiger charge is 2.29. The quantitative estimate of drug-likeness (QED) is 0.327. The standard InChI is InChI=1S/C27H24O8/c1-30-18-8-5-16(6-9-18)21(28)15-34-19-10-11-20-23(14-19)35-24(25(20)29)13-17-7-12-22(31-2)27(33-4)26(17)32-3/h5-14H,15H2,1-4H3/b24-13-. The Bertz CT molecular complexity index is 1290. The van der Waals surface area contributed by atoms with Crippen molar-refractivity contribution in [1.29, 1.82) is 0 Å². The molecule has 3 aromatic rings. The van der Waals surface area contributed by atoms with Crippen molar-refractivity contribution in [2.24, 2.45) is 0 Å². The number of carbonyl (C=O) groups excluding carboxylic acids is 2. The van der Waals surface area contributed by atoms with Gasteiger partial charge in [0.15, 0.2) is 29.6 Å². The number of methoxy groups -OCH3 is 4. The fourth-order valence-corrected chi connectivity index (χ4v) is 3.65. The smallest absolute Gasteiger partial charge is 0.231 e. The second kappa shape index (κ2) is 10.2. The number of carbonyl (C=O) groups is 2. The summed E-state index contributed by atoms with van der Waals surface area (Å²) in [5, 5.41) is 0. The van der Waals surface area contributed by atoms with Crippen LogP contribution in [-0.4, -0.2) is 46.6 Å². The van der Waals surface area contributed by atoms with Gasteiger partial charge in [0.2, 0.25) is 11.5 Å². The van der Waals surface area contributed by atoms with Gasteiger partial charge in [0.1, 0.15) is 17.2 Å². The van der Waals surface area contributed by atoms with E-state index in [4.69, 9.17) is 28.4 Å². The van der Waals surface area contributed by atoms with Gasteiger partial charge in [0.05, 0.1) is 34.0 Å². The van der Waals surface area contributed by atoms with Gasteiger partial charge >= 0.3 is 0 Å². The molecule has 8 heteroatoms. The molecule has 180 valence electrons. The molecule has 1 heterocycles. The van der Waals surface area contributed by atoms with Crippen molar-refractivity contribution < 1.29 is 38.0 Å². The number of hydrogen-bond donors (Lipinski definition) is 0. The lowest BCUT2D eigenvalue weighted by atomic mass is 10.1. The summed E-state index contributed by atoms with van der Waals surface area (Å²) in [6, 6.07) is 15.0. The Morgan fingerprint density at radius 3 is 2.20 bits per heavy atom. The Balaban J connectivity index is 1.51. The number of rotatable bonds is 9. The number of Topliss-reactive ketones (excluding diaryl/α,β-unsaturated/α-hetero) is 2. The number of ketones is 2. The van der Waals surface area contributed by atoms with E-state index in [0.717, 1.165) is 0 Å². The van der Waals surface area contributed by atoms with Gasteiger partial charge < -0.3 is 28.4 Å². The highest BCUT2D eigenvalue weighted by Crippen LogP contribution is 2.42. The zero-order valence-corrected chi connectivity index (χ0v) is 19.7. The van der Waals surface area contributed by atoms with Gasteiger partial charge in [0, 0.05) is 17.2 Å². The number of hydrogen-bond acceptors (Lipinski definition) is 8. The molecule has 1 aliphatic heterocycles. The van der Waals surface area contributed by atoms with E-state index in [2.05, 4.69) is 0 Å². The predicted molar refractivity (Wildman–Crippen MR) is 128 cm³/mol. The van der Waals surface area contributed by atoms with Gasteiger partial charge in [-0.25, -0.2) is 0 Å². The summed E-state index contributed by atoms with van der Waals surface area (Å²) >= 11 is 0. The molecule has 0 saturated carbocycles. The molecular formula is C27H24O8. The molecule has 8 nitrogen and oxygen atoms in total. The molecule has 0 N–H and O–H groups in total. The predicted octanol–water partition coefficient (Wildman–Crippen LogP) is 4.60. The SMILES string of the molecule is COc1ccc(C(=O)COc2ccc3c(c2)O/C(=C\c2ccc(OC)c(OC)c2OC)C3=O)cc1. The fourth-order valence-electron chi connectivity index (χ4n) is 3.65. The minimum atomic E-state index is -0.280. The van der Waals surface area contributed by atoms with Crippen LogP contribution in [0.5, 0.6) is 34.5 Å². The number of fused-ring (bicyclic) bond motifs is 1. The highest BCUT2D eigenvalue weighted by molar-refractivity contribution is 6.14. The third-order valence-electron chi connectivity index (χ3n) is 5.44. The molecule has 0 amide bonds. The van der Waals surface area contributed by atoms with Crippen LogP contribution in [-0.2, 0) is 0 Å². The van der Waals surface area contributed by atoms with E-state index in [1.807, 2.05) is 0 Å². The van der Waals surface area contributed by atoms with Crippen molar-refractivity contribution in [1.82, 2.24) is 0 Å². The van der Waals surface area contributed by atoms with Crippen LogP contribution in [0.15, 0.2) is 60.4 Å². The minimum Gasteiger partial charge on any atom is -0.497 e. The first-order valence-electron chi connectivity index (χ1n) is 10.7. The first-order chi connectivity index (χ1) is 17.0. The maximum Gasteiger partial charge on any atom is 0.231 e. The zero-order valence-electron chi connectivity index (χ0n) is 19.7. The van der Waals surface area contributed by atoms with Gasteiger partial charge in [-0.05, 0) is 54.6 Å².